The van der Waals surface area contributed by atoms with Crippen LogP contribution in [-0.2, 0) is 0 Å². The molecule has 1 atom stereocenters. The Morgan fingerprint density at radius 3 is 2.06 bits per heavy atom. The molecule has 0 aliphatic carbocycles. The zero-order valence-corrected chi connectivity index (χ0v) is 12.1. The Morgan fingerprint density at radius 1 is 1.12 bits per heavy atom. The van der Waals surface area contributed by atoms with E-state index in [0.717, 1.165) is 26.2 Å². The normalized spacial score (nSPS) is 14.8. The van der Waals surface area contributed by atoms with Crippen LogP contribution in [-0.4, -0.2) is 56.1 Å². The Labute approximate surface area is 102 Å². The third-order valence-corrected chi connectivity index (χ3v) is 3.09. The van der Waals surface area contributed by atoms with Crippen molar-refractivity contribution in [1.82, 2.24) is 9.80 Å². The van der Waals surface area contributed by atoms with Crippen molar-refractivity contribution in [2.24, 2.45) is 11.1 Å². The third-order valence-electron chi connectivity index (χ3n) is 3.09. The summed E-state index contributed by atoms with van der Waals surface area (Å²) in [4.78, 5) is 4.69. The first-order chi connectivity index (χ1) is 7.27. The highest BCUT2D eigenvalue weighted by molar-refractivity contribution is 4.80. The van der Waals surface area contributed by atoms with Crippen LogP contribution in [0.2, 0.25) is 0 Å². The average Bonchev–Trinajstić information content (AvgIpc) is 2.13. The van der Waals surface area contributed by atoms with E-state index >= 15 is 0 Å². The van der Waals surface area contributed by atoms with E-state index in [1.165, 1.54) is 6.42 Å². The molecule has 0 radical (unpaired) electrons. The minimum absolute atomic E-state index is 0.203. The van der Waals surface area contributed by atoms with Crippen LogP contribution in [0, 0.1) is 5.41 Å². The van der Waals surface area contributed by atoms with Crippen LogP contribution in [0.1, 0.15) is 34.1 Å². The van der Waals surface area contributed by atoms with Gasteiger partial charge in [-0.1, -0.05) is 27.7 Å². The summed E-state index contributed by atoms with van der Waals surface area (Å²) < 4.78 is 0. The second-order valence-electron chi connectivity index (χ2n) is 6.02. The molecule has 98 valence electrons. The molecule has 0 bridgehead atoms. The number of nitrogens with two attached hydrogens (primary N) is 1. The first-order valence-corrected chi connectivity index (χ1v) is 6.40. The third kappa shape index (κ3) is 7.20. The quantitative estimate of drug-likeness (QED) is 0.720. The molecule has 0 amide bonds. The standard InChI is InChI=1S/C13H31N3/c1-7-16(10-8-9-15(5)6)11-12(14)13(2,3)4/h12H,7-11,14H2,1-6H3. The highest BCUT2D eigenvalue weighted by Gasteiger charge is 2.22. The molecule has 0 aliphatic heterocycles. The highest BCUT2D eigenvalue weighted by atomic mass is 15.1. The maximum absolute atomic E-state index is 6.21. The van der Waals surface area contributed by atoms with Crippen LogP contribution >= 0.6 is 0 Å². The maximum Gasteiger partial charge on any atom is 0.0217 e. The van der Waals surface area contributed by atoms with Crippen molar-refractivity contribution < 1.29 is 0 Å². The SMILES string of the molecule is CCN(CCCN(C)C)CC(N)C(C)(C)C. The van der Waals surface area contributed by atoms with Crippen LogP contribution in [0.25, 0.3) is 0 Å². The summed E-state index contributed by atoms with van der Waals surface area (Å²) in [6.07, 6.45) is 1.22. The molecule has 0 aromatic rings. The summed E-state index contributed by atoms with van der Waals surface area (Å²) in [6.45, 7) is 13.3. The molecule has 0 saturated carbocycles. The van der Waals surface area contributed by atoms with E-state index < -0.39 is 0 Å². The Bertz CT molecular complexity index is 173. The summed E-state index contributed by atoms with van der Waals surface area (Å²) in [5.74, 6) is 0. The van der Waals surface area contributed by atoms with Crippen LogP contribution in [0.4, 0.5) is 0 Å². The van der Waals surface area contributed by atoms with Crippen molar-refractivity contribution >= 4 is 0 Å². The molecule has 0 aromatic carbocycles. The van der Waals surface area contributed by atoms with Crippen molar-refractivity contribution in [1.29, 1.82) is 0 Å². The van der Waals surface area contributed by atoms with E-state index in [0.29, 0.717) is 0 Å². The van der Waals surface area contributed by atoms with Crippen LogP contribution in [0.15, 0.2) is 0 Å². The van der Waals surface area contributed by atoms with E-state index in [1.54, 1.807) is 0 Å². The fourth-order valence-electron chi connectivity index (χ4n) is 1.54. The highest BCUT2D eigenvalue weighted by Crippen LogP contribution is 2.18. The topological polar surface area (TPSA) is 32.5 Å². The van der Waals surface area contributed by atoms with Crippen molar-refractivity contribution in [3.8, 4) is 0 Å². The van der Waals surface area contributed by atoms with Gasteiger partial charge in [0.1, 0.15) is 0 Å². The lowest BCUT2D eigenvalue weighted by Gasteiger charge is -2.32. The molecule has 0 heterocycles. The Balaban J connectivity index is 3.91. The van der Waals surface area contributed by atoms with Gasteiger partial charge in [-0.05, 0) is 45.6 Å². The van der Waals surface area contributed by atoms with E-state index in [2.05, 4.69) is 51.6 Å². The van der Waals surface area contributed by atoms with Gasteiger partial charge in [0.25, 0.3) is 0 Å². The van der Waals surface area contributed by atoms with E-state index in [9.17, 15) is 0 Å². The summed E-state index contributed by atoms with van der Waals surface area (Å²) in [5.41, 5.74) is 6.41. The van der Waals surface area contributed by atoms with Gasteiger partial charge in [-0.25, -0.2) is 0 Å². The lowest BCUT2D eigenvalue weighted by atomic mass is 9.87. The van der Waals surface area contributed by atoms with Gasteiger partial charge in [-0.2, -0.15) is 0 Å². The molecular formula is C13H31N3. The Kier molecular flexibility index (Phi) is 7.20. The molecule has 3 heteroatoms. The smallest absolute Gasteiger partial charge is 0.0217 e. The predicted octanol–water partition coefficient (Wildman–Crippen LogP) is 1.63. The lowest BCUT2D eigenvalue weighted by Crippen LogP contribution is -2.45. The number of likely N-dealkylation sites (N-methyl/N-ethyl adjacent to an activating group) is 1. The molecular weight excluding hydrogens is 198 g/mol. The van der Waals surface area contributed by atoms with Gasteiger partial charge in [0, 0.05) is 12.6 Å². The summed E-state index contributed by atoms with van der Waals surface area (Å²) in [6, 6.07) is 0.256. The van der Waals surface area contributed by atoms with Gasteiger partial charge in [0.15, 0.2) is 0 Å². The largest absolute Gasteiger partial charge is 0.326 e. The minimum atomic E-state index is 0.203. The van der Waals surface area contributed by atoms with Gasteiger partial charge in [-0.15, -0.1) is 0 Å². The molecule has 0 rings (SSSR count). The number of hydrogen-bond donors (Lipinski definition) is 1. The van der Waals surface area contributed by atoms with Gasteiger partial charge >= 0.3 is 0 Å². The summed E-state index contributed by atoms with van der Waals surface area (Å²) >= 11 is 0. The molecule has 0 aromatic heterocycles. The zero-order chi connectivity index (χ0) is 12.8. The van der Waals surface area contributed by atoms with Crippen LogP contribution < -0.4 is 5.73 Å². The Morgan fingerprint density at radius 2 is 1.69 bits per heavy atom. The number of nitrogens with zero attached hydrogens (tertiary/aromatic N) is 2. The second kappa shape index (κ2) is 7.25. The molecule has 3 nitrogen and oxygen atoms in total. The monoisotopic (exact) mass is 229 g/mol. The Hall–Kier alpha value is -0.120. The van der Waals surface area contributed by atoms with Crippen molar-refractivity contribution in [3.63, 3.8) is 0 Å². The molecule has 0 aliphatic rings. The van der Waals surface area contributed by atoms with Gasteiger partial charge < -0.3 is 15.5 Å². The minimum Gasteiger partial charge on any atom is -0.326 e. The fraction of sp³-hybridized carbons (Fsp3) is 1.00. The van der Waals surface area contributed by atoms with Crippen LogP contribution in [0.5, 0.6) is 0 Å². The average molecular weight is 229 g/mol. The predicted molar refractivity (Wildman–Crippen MR) is 72.7 cm³/mol. The zero-order valence-electron chi connectivity index (χ0n) is 12.1. The van der Waals surface area contributed by atoms with Gasteiger partial charge in [0.2, 0.25) is 0 Å². The second-order valence-corrected chi connectivity index (χ2v) is 6.02. The maximum atomic E-state index is 6.21. The molecule has 0 fully saturated rings. The first kappa shape index (κ1) is 15.9. The van der Waals surface area contributed by atoms with Crippen LogP contribution in [0.3, 0.4) is 0 Å². The van der Waals surface area contributed by atoms with E-state index in [-0.39, 0.29) is 11.5 Å². The van der Waals surface area contributed by atoms with Crippen molar-refractivity contribution in [2.45, 2.75) is 40.2 Å². The molecule has 1 unspecified atom stereocenters. The van der Waals surface area contributed by atoms with Crippen molar-refractivity contribution in [3.05, 3.63) is 0 Å². The van der Waals surface area contributed by atoms with E-state index in [4.69, 9.17) is 5.73 Å². The van der Waals surface area contributed by atoms with Gasteiger partial charge in [-0.3, -0.25) is 0 Å². The molecule has 0 spiro atoms. The number of rotatable bonds is 7. The molecule has 0 saturated heterocycles. The molecule has 16 heavy (non-hydrogen) atoms. The van der Waals surface area contributed by atoms with Crippen molar-refractivity contribution in [2.75, 3.05) is 40.3 Å². The first-order valence-electron chi connectivity index (χ1n) is 6.40. The summed E-state index contributed by atoms with van der Waals surface area (Å²) in [5, 5.41) is 0. The van der Waals surface area contributed by atoms with E-state index in [1.807, 2.05) is 0 Å². The summed E-state index contributed by atoms with van der Waals surface area (Å²) in [7, 11) is 4.24. The fourth-order valence-corrected chi connectivity index (χ4v) is 1.54. The van der Waals surface area contributed by atoms with Gasteiger partial charge in [0.05, 0.1) is 0 Å². The lowest BCUT2D eigenvalue weighted by molar-refractivity contribution is 0.198. The molecule has 2 N–H and O–H groups in total. The number of hydrogen-bond acceptors (Lipinski definition) is 3.